The smallest absolute Gasteiger partial charge is 0.195 e. The first kappa shape index (κ1) is 8.52. The molecule has 11 heavy (non-hydrogen) atoms. The Labute approximate surface area is 78.0 Å². The third-order valence-corrected chi connectivity index (χ3v) is 1.28. The molecule has 0 heterocycles. The van der Waals surface area contributed by atoms with Crippen LogP contribution in [0.2, 0.25) is 0 Å². The Kier molecular flexibility index (Phi) is 3.35. The maximum Gasteiger partial charge on any atom is 0.195 e. The summed E-state index contributed by atoms with van der Waals surface area (Å²) >= 11 is 1.54. The molecular formula is C8H6FIO. The second-order valence-electron chi connectivity index (χ2n) is 1.84. The maximum absolute atomic E-state index is 12.1. The molecule has 0 atom stereocenters. The van der Waals surface area contributed by atoms with Crippen molar-refractivity contribution in [2.24, 2.45) is 0 Å². The van der Waals surface area contributed by atoms with Crippen LogP contribution in [0, 0.1) is 0 Å². The summed E-state index contributed by atoms with van der Waals surface area (Å²) in [5.41, 5.74) is 0. The molecule has 58 valence electrons. The summed E-state index contributed by atoms with van der Waals surface area (Å²) in [6, 6.07) is 9.05. The highest BCUT2D eigenvalue weighted by Gasteiger charge is 1.88. The van der Waals surface area contributed by atoms with Crippen molar-refractivity contribution in [3.05, 3.63) is 40.4 Å². The van der Waals surface area contributed by atoms with E-state index in [2.05, 4.69) is 0 Å². The van der Waals surface area contributed by atoms with Gasteiger partial charge in [-0.2, -0.15) is 4.39 Å². The van der Waals surface area contributed by atoms with Crippen molar-refractivity contribution < 1.29 is 9.13 Å². The van der Waals surface area contributed by atoms with Gasteiger partial charge in [-0.3, -0.25) is 0 Å². The van der Waals surface area contributed by atoms with Crippen molar-refractivity contribution in [3.8, 4) is 5.75 Å². The van der Waals surface area contributed by atoms with Gasteiger partial charge in [-0.1, -0.05) is 18.2 Å². The number of hydrogen-bond acceptors (Lipinski definition) is 1. The predicted molar refractivity (Wildman–Crippen MR) is 50.3 cm³/mol. The summed E-state index contributed by atoms with van der Waals surface area (Å²) in [6.07, 6.45) is 1.07. The second-order valence-corrected chi connectivity index (χ2v) is 2.87. The lowest BCUT2D eigenvalue weighted by Crippen LogP contribution is -1.79. The quantitative estimate of drug-likeness (QED) is 0.588. The molecule has 1 aromatic carbocycles. The molecule has 0 unspecified atom stereocenters. The average molecular weight is 264 g/mol. The molecule has 0 aliphatic heterocycles. The van der Waals surface area contributed by atoms with Crippen molar-refractivity contribution in [2.75, 3.05) is 0 Å². The minimum Gasteiger partial charge on any atom is -0.461 e. The van der Waals surface area contributed by atoms with Crippen LogP contribution in [-0.4, -0.2) is 0 Å². The minimum absolute atomic E-state index is 0.369. The highest BCUT2D eigenvalue weighted by Crippen LogP contribution is 2.12. The van der Waals surface area contributed by atoms with Gasteiger partial charge in [-0.25, -0.2) is 0 Å². The van der Waals surface area contributed by atoms with E-state index in [4.69, 9.17) is 4.74 Å². The van der Waals surface area contributed by atoms with Crippen LogP contribution >= 0.6 is 22.6 Å². The fraction of sp³-hybridized carbons (Fsp3) is 0. The zero-order chi connectivity index (χ0) is 8.10. The van der Waals surface area contributed by atoms with Crippen LogP contribution in [0.15, 0.2) is 40.4 Å². The molecule has 0 aromatic heterocycles. The van der Waals surface area contributed by atoms with E-state index in [-0.39, 0.29) is 3.83 Å². The van der Waals surface area contributed by atoms with Crippen LogP contribution in [0.5, 0.6) is 5.75 Å². The SMILES string of the molecule is FC(I)=COc1ccccc1. The van der Waals surface area contributed by atoms with Crippen LogP contribution in [0.3, 0.4) is 0 Å². The molecule has 0 amide bonds. The lowest BCUT2D eigenvalue weighted by Gasteiger charge is -1.96. The highest BCUT2D eigenvalue weighted by molar-refractivity contribution is 14.1. The molecule has 0 aliphatic rings. The van der Waals surface area contributed by atoms with Gasteiger partial charge >= 0.3 is 0 Å². The summed E-state index contributed by atoms with van der Waals surface area (Å²) in [7, 11) is 0. The third-order valence-electron chi connectivity index (χ3n) is 1.03. The molecule has 0 saturated heterocycles. The van der Waals surface area contributed by atoms with Gasteiger partial charge in [-0.15, -0.1) is 0 Å². The van der Waals surface area contributed by atoms with E-state index in [1.807, 2.05) is 18.2 Å². The predicted octanol–water partition coefficient (Wildman–Crippen LogP) is 3.27. The minimum atomic E-state index is -0.369. The van der Waals surface area contributed by atoms with Crippen LogP contribution in [-0.2, 0) is 0 Å². The van der Waals surface area contributed by atoms with E-state index in [1.165, 1.54) is 22.6 Å². The number of rotatable bonds is 2. The summed E-state index contributed by atoms with van der Waals surface area (Å²) < 4.78 is 16.7. The normalized spacial score (nSPS) is 11.3. The molecule has 0 fully saturated rings. The van der Waals surface area contributed by atoms with Crippen molar-refractivity contribution in [1.29, 1.82) is 0 Å². The Balaban J connectivity index is 2.59. The van der Waals surface area contributed by atoms with Gasteiger partial charge in [-0.05, 0) is 34.7 Å². The Morgan fingerprint density at radius 2 is 2.00 bits per heavy atom. The van der Waals surface area contributed by atoms with Crippen molar-refractivity contribution in [3.63, 3.8) is 0 Å². The number of ether oxygens (including phenoxy) is 1. The monoisotopic (exact) mass is 264 g/mol. The molecule has 0 N–H and O–H groups in total. The van der Waals surface area contributed by atoms with Gasteiger partial charge in [0.25, 0.3) is 0 Å². The lowest BCUT2D eigenvalue weighted by molar-refractivity contribution is 0.464. The molecule has 1 nitrogen and oxygen atoms in total. The van der Waals surface area contributed by atoms with E-state index < -0.39 is 0 Å². The van der Waals surface area contributed by atoms with Gasteiger partial charge in [0.1, 0.15) is 12.0 Å². The summed E-state index contributed by atoms with van der Waals surface area (Å²) in [4.78, 5) is 0. The van der Waals surface area contributed by atoms with Gasteiger partial charge in [0.15, 0.2) is 3.83 Å². The van der Waals surface area contributed by atoms with Gasteiger partial charge < -0.3 is 4.74 Å². The maximum atomic E-state index is 12.1. The molecule has 0 bridgehead atoms. The van der Waals surface area contributed by atoms with Gasteiger partial charge in [0.05, 0.1) is 0 Å². The third kappa shape index (κ3) is 3.36. The van der Waals surface area contributed by atoms with E-state index in [0.717, 1.165) is 6.26 Å². The zero-order valence-corrected chi connectivity index (χ0v) is 7.79. The Morgan fingerprint density at radius 1 is 1.36 bits per heavy atom. The number of benzene rings is 1. The molecule has 1 aromatic rings. The number of para-hydroxylation sites is 1. The molecule has 0 aliphatic carbocycles. The fourth-order valence-corrected chi connectivity index (χ4v) is 0.739. The highest BCUT2D eigenvalue weighted by atomic mass is 127. The van der Waals surface area contributed by atoms with Gasteiger partial charge in [0, 0.05) is 0 Å². The molecule has 3 heteroatoms. The van der Waals surface area contributed by atoms with E-state index in [0.29, 0.717) is 5.75 Å². The molecule has 0 spiro atoms. The lowest BCUT2D eigenvalue weighted by atomic mass is 10.3. The van der Waals surface area contributed by atoms with E-state index in [9.17, 15) is 4.39 Å². The standard InChI is InChI=1S/C8H6FIO/c9-8(10)6-11-7-4-2-1-3-5-7/h1-6H. The summed E-state index contributed by atoms with van der Waals surface area (Å²) in [6.45, 7) is 0. The van der Waals surface area contributed by atoms with Crippen LogP contribution in [0.25, 0.3) is 0 Å². The first-order chi connectivity index (χ1) is 5.29. The topological polar surface area (TPSA) is 9.23 Å². The Hall–Kier alpha value is -0.580. The van der Waals surface area contributed by atoms with E-state index >= 15 is 0 Å². The average Bonchev–Trinajstić information content (AvgIpc) is 2.03. The van der Waals surface area contributed by atoms with Crippen LogP contribution < -0.4 is 4.74 Å². The zero-order valence-electron chi connectivity index (χ0n) is 5.63. The van der Waals surface area contributed by atoms with Crippen molar-refractivity contribution >= 4 is 22.6 Å². The molecular weight excluding hydrogens is 258 g/mol. The van der Waals surface area contributed by atoms with E-state index in [1.54, 1.807) is 12.1 Å². The molecule has 1 rings (SSSR count). The van der Waals surface area contributed by atoms with Crippen molar-refractivity contribution in [2.45, 2.75) is 0 Å². The second kappa shape index (κ2) is 4.33. The first-order valence-electron chi connectivity index (χ1n) is 3.02. The van der Waals surface area contributed by atoms with Gasteiger partial charge in [0.2, 0.25) is 0 Å². The number of halogens is 2. The largest absolute Gasteiger partial charge is 0.461 e. The fourth-order valence-electron chi connectivity index (χ4n) is 0.612. The Morgan fingerprint density at radius 3 is 2.55 bits per heavy atom. The summed E-state index contributed by atoms with van der Waals surface area (Å²) in [5, 5.41) is 0. The molecule has 0 saturated carbocycles. The Bertz CT molecular complexity index is 242. The van der Waals surface area contributed by atoms with Crippen LogP contribution in [0.1, 0.15) is 0 Å². The van der Waals surface area contributed by atoms with Crippen molar-refractivity contribution in [1.82, 2.24) is 0 Å². The van der Waals surface area contributed by atoms with Crippen LogP contribution in [0.4, 0.5) is 4.39 Å². The summed E-state index contributed by atoms with van der Waals surface area (Å²) in [5.74, 6) is 0.638. The number of hydrogen-bond donors (Lipinski definition) is 0. The molecule has 0 radical (unpaired) electrons. The first-order valence-corrected chi connectivity index (χ1v) is 4.10.